The van der Waals surface area contributed by atoms with Crippen LogP contribution in [0.4, 0.5) is 15.4 Å². The molecule has 7 rings (SSSR count). The number of hydrogen-bond acceptors (Lipinski definition) is 4. The molecule has 1 aromatic heterocycles. The van der Waals surface area contributed by atoms with Gasteiger partial charge in [0.25, 0.3) is 0 Å². The topological polar surface area (TPSA) is 60.8 Å². The maximum Gasteiger partial charge on any atom is 0.420 e. The molecule has 1 aliphatic heterocycles. The quantitative estimate of drug-likeness (QED) is 0.163. The van der Waals surface area contributed by atoms with Gasteiger partial charge in [0.15, 0.2) is 0 Å². The van der Waals surface area contributed by atoms with Crippen LogP contribution in [0.25, 0.3) is 10.9 Å². The second-order valence-corrected chi connectivity index (χ2v) is 13.2. The van der Waals surface area contributed by atoms with Gasteiger partial charge >= 0.3 is 12.2 Å². The van der Waals surface area contributed by atoms with Crippen LogP contribution in [-0.2, 0) is 22.7 Å². The van der Waals surface area contributed by atoms with Gasteiger partial charge in [-0.25, -0.2) is 19.1 Å². The van der Waals surface area contributed by atoms with Crippen molar-refractivity contribution in [2.75, 3.05) is 4.90 Å². The van der Waals surface area contributed by atoms with E-state index in [2.05, 4.69) is 59.9 Å². The van der Waals surface area contributed by atoms with E-state index in [0.717, 1.165) is 73.7 Å². The number of allylic oxidation sites excluding steroid dienone is 3. The number of nitrogens with zero attached hydrogens (tertiary/aromatic N) is 2. The second-order valence-electron chi connectivity index (χ2n) is 12.0. The lowest BCUT2D eigenvalue weighted by Crippen LogP contribution is -2.39. The highest BCUT2D eigenvalue weighted by atomic mass is 127. The van der Waals surface area contributed by atoms with Crippen LogP contribution in [0.2, 0.25) is 0 Å². The number of amides is 1. The lowest BCUT2D eigenvalue weighted by atomic mass is 9.84. The average molecular weight is 735 g/mol. The first-order valence-electron chi connectivity index (χ1n) is 16.0. The summed E-state index contributed by atoms with van der Waals surface area (Å²) in [4.78, 5) is 30.5. The molecule has 2 aliphatic rings. The predicted molar refractivity (Wildman–Crippen MR) is 194 cm³/mol. The van der Waals surface area contributed by atoms with E-state index in [0.29, 0.717) is 11.3 Å². The van der Waals surface area contributed by atoms with Gasteiger partial charge < -0.3 is 9.47 Å². The number of benzene rings is 4. The summed E-state index contributed by atoms with van der Waals surface area (Å²) in [5.74, 6) is 0.255. The number of halogens is 1. The van der Waals surface area contributed by atoms with Gasteiger partial charge in [0, 0.05) is 20.4 Å². The zero-order valence-electron chi connectivity index (χ0n) is 26.2. The van der Waals surface area contributed by atoms with E-state index < -0.39 is 12.2 Å². The van der Waals surface area contributed by atoms with Crippen molar-refractivity contribution in [3.63, 3.8) is 0 Å². The highest BCUT2D eigenvalue weighted by molar-refractivity contribution is 14.1. The fraction of sp³-hybridized carbons (Fsp3) is 0.200. The Hall–Kier alpha value is -4.63. The molecular weight excluding hydrogens is 699 g/mol. The Kier molecular flexibility index (Phi) is 8.98. The summed E-state index contributed by atoms with van der Waals surface area (Å²) < 4.78 is 14.6. The third-order valence-electron chi connectivity index (χ3n) is 8.87. The Morgan fingerprint density at radius 2 is 1.38 bits per heavy atom. The molecule has 0 N–H and O–H groups in total. The first kappa shape index (κ1) is 31.0. The number of anilines is 1. The van der Waals surface area contributed by atoms with Gasteiger partial charge in [-0.1, -0.05) is 115 Å². The Bertz CT molecular complexity index is 2000. The molecule has 2 heterocycles. The predicted octanol–water partition coefficient (Wildman–Crippen LogP) is 10.6. The van der Waals surface area contributed by atoms with Gasteiger partial charge in [0.2, 0.25) is 0 Å². The molecule has 0 saturated heterocycles. The van der Waals surface area contributed by atoms with E-state index in [1.54, 1.807) is 9.47 Å². The Balaban J connectivity index is 1.45. The van der Waals surface area contributed by atoms with Crippen molar-refractivity contribution < 1.29 is 19.1 Å². The Morgan fingerprint density at radius 1 is 0.766 bits per heavy atom. The Labute approximate surface area is 288 Å². The number of fused-ring (bicyclic) bond motifs is 3. The minimum Gasteiger partial charge on any atom is -0.444 e. The molecule has 1 amide bonds. The molecule has 47 heavy (non-hydrogen) atoms. The zero-order chi connectivity index (χ0) is 32.3. The van der Waals surface area contributed by atoms with Gasteiger partial charge in [0.1, 0.15) is 19.0 Å². The van der Waals surface area contributed by atoms with Crippen LogP contribution in [0, 0.1) is 6.92 Å². The normalized spacial score (nSPS) is 16.1. The summed E-state index contributed by atoms with van der Waals surface area (Å²) in [6, 6.07) is 35.7. The van der Waals surface area contributed by atoms with E-state index in [1.165, 1.54) is 0 Å². The summed E-state index contributed by atoms with van der Waals surface area (Å²) in [5.41, 5.74) is 7.46. The minimum absolute atomic E-state index is 0.103. The molecule has 1 unspecified atom stereocenters. The minimum atomic E-state index is -0.552. The number of ether oxygens (including phenoxy) is 2. The molecule has 0 saturated carbocycles. The number of carbonyl (C=O) groups excluding carboxylic acids is 2. The number of aromatic nitrogens is 1. The van der Waals surface area contributed by atoms with E-state index in [1.807, 2.05) is 84.9 Å². The van der Waals surface area contributed by atoms with Crippen molar-refractivity contribution in [1.82, 2.24) is 4.57 Å². The van der Waals surface area contributed by atoms with Crippen LogP contribution >= 0.6 is 22.6 Å². The van der Waals surface area contributed by atoms with Crippen molar-refractivity contribution in [1.29, 1.82) is 0 Å². The molecule has 0 fully saturated rings. The first-order valence-corrected chi connectivity index (χ1v) is 17.1. The molecule has 0 bridgehead atoms. The van der Waals surface area contributed by atoms with E-state index in [-0.39, 0.29) is 19.1 Å². The molecule has 1 aliphatic carbocycles. The van der Waals surface area contributed by atoms with E-state index in [9.17, 15) is 9.59 Å². The van der Waals surface area contributed by atoms with Crippen molar-refractivity contribution in [3.05, 3.63) is 158 Å². The maximum absolute atomic E-state index is 14.5. The summed E-state index contributed by atoms with van der Waals surface area (Å²) in [7, 11) is 0. The summed E-state index contributed by atoms with van der Waals surface area (Å²) in [5, 5.41) is 0.886. The lowest BCUT2D eigenvalue weighted by Gasteiger charge is -2.37. The van der Waals surface area contributed by atoms with Crippen LogP contribution in [0.15, 0.2) is 130 Å². The van der Waals surface area contributed by atoms with Gasteiger partial charge in [-0.2, -0.15) is 0 Å². The van der Waals surface area contributed by atoms with Gasteiger partial charge in [-0.3, -0.25) is 0 Å². The molecule has 5 aromatic rings. The zero-order valence-corrected chi connectivity index (χ0v) is 28.4. The van der Waals surface area contributed by atoms with Crippen molar-refractivity contribution in [3.8, 4) is 0 Å². The van der Waals surface area contributed by atoms with Gasteiger partial charge in [-0.15, -0.1) is 0 Å². The number of para-hydroxylation sites is 1. The number of aryl methyl sites for hydroxylation is 1. The number of rotatable bonds is 6. The summed E-state index contributed by atoms with van der Waals surface area (Å²) >= 11 is 2.43. The molecule has 6 nitrogen and oxygen atoms in total. The largest absolute Gasteiger partial charge is 0.444 e. The molecule has 4 aromatic carbocycles. The van der Waals surface area contributed by atoms with Crippen molar-refractivity contribution in [2.24, 2.45) is 0 Å². The Morgan fingerprint density at radius 3 is 2.02 bits per heavy atom. The van der Waals surface area contributed by atoms with Crippen LogP contribution in [0.1, 0.15) is 59.4 Å². The van der Waals surface area contributed by atoms with Crippen LogP contribution < -0.4 is 4.90 Å². The third kappa shape index (κ3) is 6.12. The van der Waals surface area contributed by atoms with E-state index in [4.69, 9.17) is 9.47 Å². The second kappa shape index (κ2) is 13.6. The summed E-state index contributed by atoms with van der Waals surface area (Å²) in [6.07, 6.45) is 5.05. The molecule has 0 radical (unpaired) electrons. The summed E-state index contributed by atoms with van der Waals surface area (Å²) in [6.45, 7) is 2.29. The highest BCUT2D eigenvalue weighted by Crippen LogP contribution is 2.53. The average Bonchev–Trinajstić information content (AvgIpc) is 3.45. The lowest BCUT2D eigenvalue weighted by molar-refractivity contribution is 0.141. The van der Waals surface area contributed by atoms with Crippen LogP contribution in [-0.4, -0.2) is 16.8 Å². The fourth-order valence-corrected chi connectivity index (χ4v) is 7.84. The molecule has 0 spiro atoms. The van der Waals surface area contributed by atoms with E-state index >= 15 is 0 Å². The van der Waals surface area contributed by atoms with Gasteiger partial charge in [0.05, 0.1) is 11.2 Å². The van der Waals surface area contributed by atoms with Crippen LogP contribution in [0.3, 0.4) is 0 Å². The highest BCUT2D eigenvalue weighted by Gasteiger charge is 2.43. The SMILES string of the molecule is Cc1ccc(C2C(I)=C(C3=CCCCC3)N(C(=O)OCc3ccccc3)c3c2c2ccccc2n3C(=O)OCc2ccccc2)cc1. The fourth-order valence-electron chi connectivity index (χ4n) is 6.58. The molecule has 236 valence electrons. The third-order valence-corrected chi connectivity index (χ3v) is 10.0. The standard InChI is InChI=1S/C40H35IN2O4/c1-27-21-23-30(24-22-27)34-35-32-19-11-12-20-33(32)42(39(44)46-25-28-13-5-2-6-14-28)38(35)43(37(36(34)41)31-17-9-4-10-18-31)40(45)47-26-29-15-7-3-8-16-29/h2-3,5-8,11-17,19-24,34H,4,9-10,18,25-26H2,1H3. The number of carbonyl (C=O) groups is 2. The molecule has 1 atom stereocenters. The van der Waals surface area contributed by atoms with Crippen LogP contribution in [0.5, 0.6) is 0 Å². The monoisotopic (exact) mass is 734 g/mol. The smallest absolute Gasteiger partial charge is 0.420 e. The molecular formula is C40H35IN2O4. The van der Waals surface area contributed by atoms with Gasteiger partial charge in [-0.05, 0) is 83.5 Å². The molecule has 7 heteroatoms. The first-order chi connectivity index (χ1) is 23.0. The van der Waals surface area contributed by atoms with Crippen molar-refractivity contribution in [2.45, 2.75) is 51.7 Å². The maximum atomic E-state index is 14.5. The number of hydrogen-bond donors (Lipinski definition) is 0. The van der Waals surface area contributed by atoms with Crippen molar-refractivity contribution >= 4 is 51.5 Å².